The van der Waals surface area contributed by atoms with Gasteiger partial charge in [-0.15, -0.1) is 6.42 Å². The number of aryl methyl sites for hydroxylation is 2. The molecule has 0 saturated heterocycles. The zero-order chi connectivity index (χ0) is 11.4. The van der Waals surface area contributed by atoms with Gasteiger partial charge in [-0.05, 0) is 44.0 Å². The number of ether oxygens (including phenoxy) is 1. The van der Waals surface area contributed by atoms with E-state index in [-0.39, 0.29) is 5.97 Å². The highest BCUT2D eigenvalue weighted by Gasteiger charge is 2.10. The maximum absolute atomic E-state index is 11.6. The van der Waals surface area contributed by atoms with Crippen molar-refractivity contribution < 1.29 is 9.53 Å². The number of esters is 1. The lowest BCUT2D eigenvalue weighted by Crippen LogP contribution is -2.13. The van der Waals surface area contributed by atoms with Gasteiger partial charge >= 0.3 is 5.97 Å². The van der Waals surface area contributed by atoms with Crippen LogP contribution in [0.1, 0.15) is 28.4 Å². The van der Waals surface area contributed by atoms with Crippen LogP contribution in [-0.2, 0) is 4.74 Å². The Hall–Kier alpha value is -1.75. The van der Waals surface area contributed by atoms with Crippen LogP contribution in [0.2, 0.25) is 0 Å². The van der Waals surface area contributed by atoms with Gasteiger partial charge in [0.2, 0.25) is 0 Å². The molecule has 1 atom stereocenters. The summed E-state index contributed by atoms with van der Waals surface area (Å²) in [5.41, 5.74) is 2.76. The van der Waals surface area contributed by atoms with E-state index in [9.17, 15) is 4.79 Å². The van der Waals surface area contributed by atoms with Crippen LogP contribution in [0.3, 0.4) is 0 Å². The fraction of sp³-hybridized carbons (Fsp3) is 0.308. The molecule has 2 nitrogen and oxygen atoms in total. The molecule has 0 aliphatic rings. The molecule has 0 aliphatic carbocycles. The number of carbonyl (C=O) groups excluding carboxylic acids is 1. The van der Waals surface area contributed by atoms with E-state index >= 15 is 0 Å². The summed E-state index contributed by atoms with van der Waals surface area (Å²) < 4.78 is 5.01. The summed E-state index contributed by atoms with van der Waals surface area (Å²) >= 11 is 0. The predicted molar refractivity (Wildman–Crippen MR) is 59.6 cm³/mol. The fourth-order valence-electron chi connectivity index (χ4n) is 1.13. The molecular formula is C13H14O2. The molecule has 0 heterocycles. The van der Waals surface area contributed by atoms with E-state index < -0.39 is 6.10 Å². The molecule has 78 valence electrons. The molecule has 1 unspecified atom stereocenters. The molecule has 2 heteroatoms. The average Bonchev–Trinajstić information content (AvgIpc) is 2.21. The van der Waals surface area contributed by atoms with Crippen molar-refractivity contribution in [3.05, 3.63) is 34.9 Å². The summed E-state index contributed by atoms with van der Waals surface area (Å²) in [6.45, 7) is 5.62. The number of rotatable bonds is 2. The van der Waals surface area contributed by atoms with Gasteiger partial charge < -0.3 is 4.74 Å². The normalized spacial score (nSPS) is 11.6. The Morgan fingerprint density at radius 2 is 2.07 bits per heavy atom. The first-order chi connectivity index (χ1) is 7.04. The second-order valence-electron chi connectivity index (χ2n) is 3.51. The third-order valence-corrected chi connectivity index (χ3v) is 2.26. The van der Waals surface area contributed by atoms with Crippen LogP contribution in [0.5, 0.6) is 0 Å². The Morgan fingerprint density at radius 1 is 1.40 bits per heavy atom. The lowest BCUT2D eigenvalue weighted by Gasteiger charge is -2.08. The van der Waals surface area contributed by atoms with Crippen LogP contribution >= 0.6 is 0 Å². The highest BCUT2D eigenvalue weighted by molar-refractivity contribution is 5.89. The SMILES string of the molecule is C#CC(C)OC(=O)c1ccc(C)c(C)c1. The highest BCUT2D eigenvalue weighted by Crippen LogP contribution is 2.11. The molecule has 1 aromatic rings. The van der Waals surface area contributed by atoms with Gasteiger partial charge in [-0.1, -0.05) is 12.0 Å². The van der Waals surface area contributed by atoms with E-state index in [4.69, 9.17) is 11.2 Å². The first kappa shape index (κ1) is 11.3. The van der Waals surface area contributed by atoms with Gasteiger partial charge in [0.25, 0.3) is 0 Å². The summed E-state index contributed by atoms with van der Waals surface area (Å²) in [6.07, 6.45) is 4.64. The van der Waals surface area contributed by atoms with Crippen LogP contribution in [0.15, 0.2) is 18.2 Å². The van der Waals surface area contributed by atoms with Gasteiger partial charge in [0.1, 0.15) is 0 Å². The summed E-state index contributed by atoms with van der Waals surface area (Å²) in [5, 5.41) is 0. The highest BCUT2D eigenvalue weighted by atomic mass is 16.5. The van der Waals surface area contributed by atoms with Crippen molar-refractivity contribution in [1.82, 2.24) is 0 Å². The topological polar surface area (TPSA) is 26.3 Å². The molecule has 0 spiro atoms. The van der Waals surface area contributed by atoms with Crippen LogP contribution in [-0.4, -0.2) is 12.1 Å². The zero-order valence-corrected chi connectivity index (χ0v) is 9.20. The van der Waals surface area contributed by atoms with E-state index in [0.29, 0.717) is 5.56 Å². The molecular weight excluding hydrogens is 188 g/mol. The first-order valence-electron chi connectivity index (χ1n) is 4.79. The van der Waals surface area contributed by atoms with E-state index in [1.807, 2.05) is 19.9 Å². The van der Waals surface area contributed by atoms with Crippen LogP contribution in [0.4, 0.5) is 0 Å². The molecule has 0 bridgehead atoms. The Balaban J connectivity index is 2.84. The molecule has 0 N–H and O–H groups in total. The van der Waals surface area contributed by atoms with E-state index in [1.54, 1.807) is 19.1 Å². The number of carbonyl (C=O) groups is 1. The standard InChI is InChI=1S/C13H14O2/c1-5-11(4)15-13(14)12-7-6-9(2)10(3)8-12/h1,6-8,11H,2-4H3. The first-order valence-corrected chi connectivity index (χ1v) is 4.79. The van der Waals surface area contributed by atoms with Crippen molar-refractivity contribution in [3.8, 4) is 12.3 Å². The molecule has 0 amide bonds. The average molecular weight is 202 g/mol. The van der Waals surface area contributed by atoms with E-state index in [1.165, 1.54) is 0 Å². The minimum absolute atomic E-state index is 0.372. The summed E-state index contributed by atoms with van der Waals surface area (Å²) in [7, 11) is 0. The van der Waals surface area contributed by atoms with Crippen molar-refractivity contribution in [1.29, 1.82) is 0 Å². The Bertz CT molecular complexity index is 413. The summed E-state index contributed by atoms with van der Waals surface area (Å²) in [6, 6.07) is 5.45. The molecule has 0 fully saturated rings. The second kappa shape index (κ2) is 4.65. The summed E-state index contributed by atoms with van der Waals surface area (Å²) in [5.74, 6) is 1.98. The largest absolute Gasteiger partial charge is 0.446 e. The van der Waals surface area contributed by atoms with Gasteiger partial charge in [-0.3, -0.25) is 0 Å². The van der Waals surface area contributed by atoms with Gasteiger partial charge in [0.15, 0.2) is 6.10 Å². The third-order valence-electron chi connectivity index (χ3n) is 2.26. The predicted octanol–water partition coefficient (Wildman–Crippen LogP) is 2.48. The second-order valence-corrected chi connectivity index (χ2v) is 3.51. The lowest BCUT2D eigenvalue weighted by molar-refractivity contribution is 0.0438. The maximum atomic E-state index is 11.6. The van der Waals surface area contributed by atoms with Crippen molar-refractivity contribution in [2.24, 2.45) is 0 Å². The monoisotopic (exact) mass is 202 g/mol. The third kappa shape index (κ3) is 2.85. The van der Waals surface area contributed by atoms with Crippen molar-refractivity contribution in [2.45, 2.75) is 26.9 Å². The van der Waals surface area contributed by atoms with Crippen LogP contribution < -0.4 is 0 Å². The number of terminal acetylenes is 1. The molecule has 0 radical (unpaired) electrons. The van der Waals surface area contributed by atoms with Gasteiger partial charge in [0.05, 0.1) is 5.56 Å². The molecule has 0 aromatic heterocycles. The zero-order valence-electron chi connectivity index (χ0n) is 9.20. The van der Waals surface area contributed by atoms with Crippen molar-refractivity contribution >= 4 is 5.97 Å². The Kier molecular flexibility index (Phi) is 3.51. The van der Waals surface area contributed by atoms with Crippen LogP contribution in [0, 0.1) is 26.2 Å². The van der Waals surface area contributed by atoms with E-state index in [2.05, 4.69) is 5.92 Å². The maximum Gasteiger partial charge on any atom is 0.339 e. The van der Waals surface area contributed by atoms with Crippen LogP contribution in [0.25, 0.3) is 0 Å². The minimum atomic E-state index is -0.487. The molecule has 15 heavy (non-hydrogen) atoms. The van der Waals surface area contributed by atoms with Gasteiger partial charge in [-0.2, -0.15) is 0 Å². The number of benzene rings is 1. The minimum Gasteiger partial charge on any atom is -0.446 e. The number of hydrogen-bond acceptors (Lipinski definition) is 2. The molecule has 0 saturated carbocycles. The van der Waals surface area contributed by atoms with Gasteiger partial charge in [0, 0.05) is 0 Å². The molecule has 1 rings (SSSR count). The van der Waals surface area contributed by atoms with E-state index in [0.717, 1.165) is 11.1 Å². The quantitative estimate of drug-likeness (QED) is 0.544. The molecule has 1 aromatic carbocycles. The fourth-order valence-corrected chi connectivity index (χ4v) is 1.13. The Labute approximate surface area is 90.3 Å². The Morgan fingerprint density at radius 3 is 2.60 bits per heavy atom. The van der Waals surface area contributed by atoms with Crippen molar-refractivity contribution in [2.75, 3.05) is 0 Å². The smallest absolute Gasteiger partial charge is 0.339 e. The molecule has 0 aliphatic heterocycles. The van der Waals surface area contributed by atoms with Gasteiger partial charge in [-0.25, -0.2) is 4.79 Å². The number of hydrogen-bond donors (Lipinski definition) is 0. The van der Waals surface area contributed by atoms with Crippen molar-refractivity contribution in [3.63, 3.8) is 0 Å². The lowest BCUT2D eigenvalue weighted by atomic mass is 10.1. The summed E-state index contributed by atoms with van der Waals surface area (Å²) in [4.78, 5) is 11.6.